The number of amides is 1. The molecular weight excluding hydrogens is 510 g/mol. The van der Waals surface area contributed by atoms with Crippen molar-refractivity contribution in [1.29, 1.82) is 0 Å². The average molecular weight is 541 g/mol. The number of rotatable bonds is 9. The van der Waals surface area contributed by atoms with Gasteiger partial charge in [-0.1, -0.05) is 25.4 Å². The second kappa shape index (κ2) is 10.5. The topological polar surface area (TPSA) is 106 Å². The van der Waals surface area contributed by atoms with E-state index in [1.54, 1.807) is 10.9 Å². The van der Waals surface area contributed by atoms with Gasteiger partial charge in [0.25, 0.3) is 5.91 Å². The number of nitrogens with zero attached hydrogens (tertiary/aromatic N) is 3. The van der Waals surface area contributed by atoms with E-state index in [0.29, 0.717) is 38.8 Å². The number of likely N-dealkylation sites (tertiary alicyclic amines) is 1. The number of carboxylic acids is 1. The number of carbonyl (C=O) groups excluding carboxylic acids is 1. The summed E-state index contributed by atoms with van der Waals surface area (Å²) < 4.78 is 37.6. The number of carboxylic acid groups (broad SMARTS) is 1. The minimum atomic E-state index is -3.09. The Morgan fingerprint density at radius 1 is 1.22 bits per heavy atom. The van der Waals surface area contributed by atoms with Gasteiger partial charge in [0.05, 0.1) is 5.69 Å². The van der Waals surface area contributed by atoms with Crippen molar-refractivity contribution < 1.29 is 33.0 Å². The summed E-state index contributed by atoms with van der Waals surface area (Å²) in [6.45, 7) is 1.97. The molecular formula is C25H31ClF2N4O5. The van der Waals surface area contributed by atoms with Crippen LogP contribution in [0.3, 0.4) is 0 Å². The number of aliphatic carboxylic acids is 1. The molecule has 1 aliphatic carbocycles. The minimum absolute atomic E-state index is 0.0293. The maximum absolute atomic E-state index is 13.9. The van der Waals surface area contributed by atoms with Crippen LogP contribution in [-0.2, 0) is 19.9 Å². The molecule has 2 fully saturated rings. The van der Waals surface area contributed by atoms with Crippen molar-refractivity contribution in [2.45, 2.75) is 69.2 Å². The Morgan fingerprint density at radius 3 is 2.46 bits per heavy atom. The van der Waals surface area contributed by atoms with E-state index in [1.165, 1.54) is 25.3 Å². The Labute approximate surface area is 218 Å². The predicted molar refractivity (Wildman–Crippen MR) is 132 cm³/mol. The van der Waals surface area contributed by atoms with Crippen LogP contribution in [0.25, 0.3) is 0 Å². The Morgan fingerprint density at radius 2 is 1.89 bits per heavy atom. The highest BCUT2D eigenvalue weighted by molar-refractivity contribution is 6.30. The van der Waals surface area contributed by atoms with Crippen molar-refractivity contribution >= 4 is 29.2 Å². The lowest BCUT2D eigenvalue weighted by Crippen LogP contribution is -2.63. The van der Waals surface area contributed by atoms with Crippen molar-refractivity contribution in [3.05, 3.63) is 41.2 Å². The van der Waals surface area contributed by atoms with Crippen molar-refractivity contribution in [1.82, 2.24) is 14.7 Å². The number of aromatic nitrogens is 2. The number of ether oxygens (including phenoxy) is 2. The van der Waals surface area contributed by atoms with Gasteiger partial charge in [-0.05, 0) is 37.0 Å². The molecule has 0 atom stereocenters. The van der Waals surface area contributed by atoms with Crippen LogP contribution in [0.15, 0.2) is 30.5 Å². The maximum atomic E-state index is 13.9. The van der Waals surface area contributed by atoms with E-state index in [9.17, 15) is 23.5 Å². The summed E-state index contributed by atoms with van der Waals surface area (Å²) >= 11 is 5.96. The zero-order valence-corrected chi connectivity index (χ0v) is 21.7. The first kappa shape index (κ1) is 27.3. The average Bonchev–Trinajstić information content (AvgIpc) is 3.31. The molecule has 0 bridgehead atoms. The quantitative estimate of drug-likeness (QED) is 0.488. The summed E-state index contributed by atoms with van der Waals surface area (Å²) in [5.41, 5.74) is -1.30. The summed E-state index contributed by atoms with van der Waals surface area (Å²) in [4.78, 5) is 27.7. The Hall–Kier alpha value is -2.76. The number of hydrogen-bond donors (Lipinski definition) is 2. The summed E-state index contributed by atoms with van der Waals surface area (Å²) in [7, 11) is 1.41. The molecule has 1 amide bonds. The molecule has 4 rings (SSSR count). The summed E-state index contributed by atoms with van der Waals surface area (Å²) in [6.07, 6.45) is 3.17. The molecule has 1 saturated heterocycles. The number of hydrogen-bond acceptors (Lipinski definition) is 6. The fourth-order valence-electron chi connectivity index (χ4n) is 5.32. The number of halogens is 3. The molecule has 37 heavy (non-hydrogen) atoms. The largest absolute Gasteiger partial charge is 0.479 e. The smallest absolute Gasteiger partial charge is 0.387 e. The van der Waals surface area contributed by atoms with E-state index in [4.69, 9.17) is 16.3 Å². The number of methoxy groups -OCH3 is 1. The van der Waals surface area contributed by atoms with Gasteiger partial charge < -0.3 is 19.9 Å². The van der Waals surface area contributed by atoms with Crippen molar-refractivity contribution in [2.24, 2.45) is 0 Å². The van der Waals surface area contributed by atoms with Crippen LogP contribution in [-0.4, -0.2) is 70.1 Å². The van der Waals surface area contributed by atoms with Gasteiger partial charge >= 0.3 is 12.6 Å². The summed E-state index contributed by atoms with van der Waals surface area (Å²) in [5, 5.41) is 17.0. The highest BCUT2D eigenvalue weighted by Gasteiger charge is 2.55. The van der Waals surface area contributed by atoms with Gasteiger partial charge in [-0.25, -0.2) is 4.79 Å². The molecule has 12 heteroatoms. The fourth-order valence-corrected chi connectivity index (χ4v) is 5.48. The molecule has 0 radical (unpaired) electrons. The van der Waals surface area contributed by atoms with E-state index < -0.39 is 29.6 Å². The number of anilines is 1. The first-order chi connectivity index (χ1) is 17.5. The van der Waals surface area contributed by atoms with Gasteiger partial charge in [-0.3, -0.25) is 14.4 Å². The molecule has 202 valence electrons. The number of piperidine rings is 1. The molecule has 2 aromatic rings. The third-order valence-corrected chi connectivity index (χ3v) is 7.79. The highest BCUT2D eigenvalue weighted by Crippen LogP contribution is 2.43. The Kier molecular flexibility index (Phi) is 7.77. The van der Waals surface area contributed by atoms with Gasteiger partial charge in [0.2, 0.25) is 0 Å². The molecule has 1 aromatic carbocycles. The molecule has 2 heterocycles. The second-order valence-corrected chi connectivity index (χ2v) is 10.4. The Bertz CT molecular complexity index is 1140. The van der Waals surface area contributed by atoms with Crippen LogP contribution in [0, 0.1) is 0 Å². The molecule has 0 unspecified atom stereocenters. The molecule has 1 aromatic heterocycles. The molecule has 2 N–H and O–H groups in total. The third kappa shape index (κ3) is 5.17. The molecule has 0 spiro atoms. The fraction of sp³-hybridized carbons (Fsp3) is 0.560. The lowest BCUT2D eigenvalue weighted by molar-refractivity contribution is -0.184. The van der Waals surface area contributed by atoms with E-state index in [0.717, 1.165) is 5.69 Å². The maximum Gasteiger partial charge on any atom is 0.387 e. The van der Waals surface area contributed by atoms with Gasteiger partial charge in [0.15, 0.2) is 11.4 Å². The highest BCUT2D eigenvalue weighted by atomic mass is 35.5. The van der Waals surface area contributed by atoms with Gasteiger partial charge in [-0.15, -0.1) is 0 Å². The van der Waals surface area contributed by atoms with Gasteiger partial charge in [0, 0.05) is 62.1 Å². The number of nitrogens with one attached hydrogen (secondary N) is 1. The first-order valence-electron chi connectivity index (χ1n) is 12.1. The third-order valence-electron chi connectivity index (χ3n) is 7.55. The SMILES string of the molecule is COC1(C(=O)O)CC(N2CCC(C(=O)Nc3ccc(Cl)cc3OC(F)F)(n3nccc3C(C)C)CC2)C1. The van der Waals surface area contributed by atoms with Crippen LogP contribution in [0.1, 0.15) is 51.1 Å². The first-order valence-corrected chi connectivity index (χ1v) is 12.5. The molecule has 9 nitrogen and oxygen atoms in total. The van der Waals surface area contributed by atoms with Crippen LogP contribution in [0.5, 0.6) is 5.75 Å². The van der Waals surface area contributed by atoms with E-state index >= 15 is 0 Å². The standard InChI is InChI=1S/C25H31ClF2N4O5/c1-15(2)19-6-9-29-32(19)24(21(33)30-18-5-4-16(26)12-20(18)37-23(27)28)7-10-31(11-8-24)17-13-25(14-17,36-3)22(34)35/h4-6,9,12,15,17,23H,7-8,10-11,13-14H2,1-3H3,(H,30,33)(H,34,35). The summed E-state index contributed by atoms with van der Waals surface area (Å²) in [6, 6.07) is 6.04. The van der Waals surface area contributed by atoms with E-state index in [2.05, 4.69) is 20.1 Å². The van der Waals surface area contributed by atoms with E-state index in [1.807, 2.05) is 19.9 Å². The zero-order chi connectivity index (χ0) is 27.0. The van der Waals surface area contributed by atoms with Crippen molar-refractivity contribution in [2.75, 3.05) is 25.5 Å². The second-order valence-electron chi connectivity index (χ2n) is 9.93. The zero-order valence-electron chi connectivity index (χ0n) is 20.9. The van der Waals surface area contributed by atoms with Crippen LogP contribution in [0.2, 0.25) is 5.02 Å². The lowest BCUT2D eigenvalue weighted by atomic mass is 9.73. The molecule has 1 saturated carbocycles. The van der Waals surface area contributed by atoms with Crippen LogP contribution in [0.4, 0.5) is 14.5 Å². The Balaban J connectivity index is 1.60. The van der Waals surface area contributed by atoms with Crippen molar-refractivity contribution in [3.8, 4) is 5.75 Å². The van der Waals surface area contributed by atoms with E-state index in [-0.39, 0.29) is 28.4 Å². The lowest BCUT2D eigenvalue weighted by Gasteiger charge is -2.51. The monoisotopic (exact) mass is 540 g/mol. The normalized spacial score (nSPS) is 23.6. The number of alkyl halides is 2. The number of benzene rings is 1. The van der Waals surface area contributed by atoms with Gasteiger partial charge in [-0.2, -0.15) is 13.9 Å². The van der Waals surface area contributed by atoms with Crippen LogP contribution < -0.4 is 10.1 Å². The summed E-state index contributed by atoms with van der Waals surface area (Å²) in [5.74, 6) is -1.51. The number of carbonyl (C=O) groups is 2. The van der Waals surface area contributed by atoms with Crippen LogP contribution >= 0.6 is 11.6 Å². The molecule has 2 aliphatic rings. The molecule has 1 aliphatic heterocycles. The van der Waals surface area contributed by atoms with Gasteiger partial charge in [0.1, 0.15) is 5.54 Å². The van der Waals surface area contributed by atoms with Crippen molar-refractivity contribution in [3.63, 3.8) is 0 Å². The predicted octanol–water partition coefficient (Wildman–Crippen LogP) is 4.32. The minimum Gasteiger partial charge on any atom is -0.479 e.